The Labute approximate surface area is 265 Å². The first-order valence-electron chi connectivity index (χ1n) is 16.2. The first-order chi connectivity index (χ1) is 19.8. The van der Waals surface area contributed by atoms with E-state index in [1.807, 2.05) is 97.2 Å². The maximum Gasteiger partial charge on any atom is 0.231 e. The van der Waals surface area contributed by atoms with Gasteiger partial charge in [0, 0.05) is 65.5 Å². The molecule has 4 rings (SSSR count). The minimum atomic E-state index is -0.543. The van der Waals surface area contributed by atoms with Crippen LogP contribution in [-0.4, -0.2) is 95.6 Å². The smallest absolute Gasteiger partial charge is 0.231 e. The number of nitrogens with one attached hydrogen (secondary N) is 1. The molecule has 1 aromatic rings. The normalized spacial score (nSPS) is 27.7. The quantitative estimate of drug-likeness (QED) is 0.456. The molecule has 249 valence electrons. The molecule has 3 aliphatic heterocycles. The van der Waals surface area contributed by atoms with Crippen molar-refractivity contribution in [2.75, 3.05) is 29.2 Å². The molecule has 0 aliphatic carbocycles. The van der Waals surface area contributed by atoms with Crippen molar-refractivity contribution in [2.24, 2.45) is 0 Å². The molecular weight excluding hydrogens is 558 g/mol. The molecule has 1 aromatic heterocycles. The molecule has 0 spiro atoms. The van der Waals surface area contributed by atoms with Crippen molar-refractivity contribution in [2.45, 2.75) is 173 Å². The molecule has 12 heteroatoms. The molecule has 0 bridgehead atoms. The minimum Gasteiger partial charge on any atom is -0.351 e. The number of anilines is 3. The molecule has 44 heavy (non-hydrogen) atoms. The second kappa shape index (κ2) is 11.2. The molecule has 3 saturated heterocycles. The van der Waals surface area contributed by atoms with Crippen LogP contribution in [0.2, 0.25) is 0 Å². The van der Waals surface area contributed by atoms with Crippen LogP contribution in [0, 0.1) is 0 Å². The van der Waals surface area contributed by atoms with Gasteiger partial charge in [0.05, 0.1) is 0 Å². The summed E-state index contributed by atoms with van der Waals surface area (Å²) in [5.74, 6) is 1.55. The number of rotatable bonds is 6. The van der Waals surface area contributed by atoms with E-state index < -0.39 is 33.2 Å². The van der Waals surface area contributed by atoms with Gasteiger partial charge in [-0.15, -0.1) is 30.8 Å². The fourth-order valence-corrected chi connectivity index (χ4v) is 8.58. The zero-order chi connectivity index (χ0) is 33.4. The summed E-state index contributed by atoms with van der Waals surface area (Å²) in [6.45, 7) is 23.9. The third-order valence-corrected chi connectivity index (χ3v) is 10.4. The molecular formula is C32H58N9O3. The first-order valence-corrected chi connectivity index (χ1v) is 16.2. The fraction of sp³-hybridized carbons (Fsp3) is 0.906. The summed E-state index contributed by atoms with van der Waals surface area (Å²) >= 11 is 0. The van der Waals surface area contributed by atoms with Crippen LogP contribution in [0.5, 0.6) is 0 Å². The highest BCUT2D eigenvalue weighted by Crippen LogP contribution is 2.42. The third-order valence-electron chi connectivity index (χ3n) is 10.4. The Morgan fingerprint density at radius 3 is 1.09 bits per heavy atom. The molecule has 3 fully saturated rings. The second-order valence-electron chi connectivity index (χ2n) is 17.6. The highest BCUT2D eigenvalue weighted by atomic mass is 16.5. The molecule has 0 atom stereocenters. The van der Waals surface area contributed by atoms with Crippen LogP contribution in [-0.2, 0) is 15.6 Å². The maximum absolute atomic E-state index is 13.1. The Kier molecular flexibility index (Phi) is 8.88. The van der Waals surface area contributed by atoms with Crippen molar-refractivity contribution in [3.63, 3.8) is 0 Å². The van der Waals surface area contributed by atoms with Crippen LogP contribution in [0.3, 0.4) is 0 Å². The van der Waals surface area contributed by atoms with Crippen LogP contribution in [0.25, 0.3) is 0 Å². The Morgan fingerprint density at radius 2 is 0.795 bits per heavy atom. The van der Waals surface area contributed by atoms with Gasteiger partial charge in [0.2, 0.25) is 17.8 Å². The Morgan fingerprint density at radius 1 is 0.523 bits per heavy atom. The van der Waals surface area contributed by atoms with Crippen molar-refractivity contribution < 1.29 is 15.6 Å². The van der Waals surface area contributed by atoms with Crippen LogP contribution < -0.4 is 15.1 Å². The number of hydrogen-bond acceptors (Lipinski definition) is 9. The molecule has 0 aromatic carbocycles. The molecule has 0 unspecified atom stereocenters. The van der Waals surface area contributed by atoms with Crippen molar-refractivity contribution in [1.29, 1.82) is 0 Å². The maximum atomic E-state index is 13.1. The van der Waals surface area contributed by atoms with Gasteiger partial charge in [0.15, 0.2) is 0 Å². The van der Waals surface area contributed by atoms with Crippen LogP contribution in [0.4, 0.5) is 17.8 Å². The average molecular weight is 617 g/mol. The van der Waals surface area contributed by atoms with E-state index in [1.54, 1.807) is 0 Å². The van der Waals surface area contributed by atoms with Gasteiger partial charge in [-0.25, -0.2) is 0 Å². The first kappa shape index (κ1) is 35.0. The molecule has 3 aliphatic rings. The highest BCUT2D eigenvalue weighted by Gasteiger charge is 2.50. The van der Waals surface area contributed by atoms with E-state index in [-0.39, 0.29) is 18.1 Å². The van der Waals surface area contributed by atoms with E-state index in [0.29, 0.717) is 56.4 Å². The number of piperidine rings is 3. The topological polar surface area (TPSA) is 127 Å². The van der Waals surface area contributed by atoms with Gasteiger partial charge in [0.1, 0.15) is 0 Å². The second-order valence-corrected chi connectivity index (χ2v) is 17.6. The predicted molar refractivity (Wildman–Crippen MR) is 171 cm³/mol. The summed E-state index contributed by atoms with van der Waals surface area (Å²) < 4.78 is 0. The standard InChI is InChI=1S/C32H58N9O3/c1-27(2)15-21(16-28(3,4)39(27)42)33-24-34-25(37(13)22-17-29(5,6)40(43)30(7,8)18-22)36-26(35-24)38(14)23-19-31(9,10)41(44)32(11,12)20-23/h21-23H,15-20H2,1-14H3,(H,33,34,35,36). The van der Waals surface area contributed by atoms with Crippen molar-refractivity contribution in [3.8, 4) is 0 Å². The van der Waals surface area contributed by atoms with Crippen molar-refractivity contribution in [3.05, 3.63) is 0 Å². The molecule has 1 N–H and O–H groups in total. The Bertz CT molecular complexity index is 1080. The zero-order valence-electron chi connectivity index (χ0n) is 29.8. The summed E-state index contributed by atoms with van der Waals surface area (Å²) in [4.78, 5) is 19.1. The molecule has 0 saturated carbocycles. The van der Waals surface area contributed by atoms with E-state index in [0.717, 1.165) is 0 Å². The van der Waals surface area contributed by atoms with E-state index in [2.05, 4.69) is 15.1 Å². The number of aromatic nitrogens is 3. The molecule has 3 radical (unpaired) electrons. The summed E-state index contributed by atoms with van der Waals surface area (Å²) in [6.07, 6.45) is 3.98. The van der Waals surface area contributed by atoms with E-state index in [1.165, 1.54) is 15.2 Å². The summed E-state index contributed by atoms with van der Waals surface area (Å²) in [6, 6.07) is 0.0792. The van der Waals surface area contributed by atoms with Gasteiger partial charge in [0.25, 0.3) is 0 Å². The van der Waals surface area contributed by atoms with Gasteiger partial charge < -0.3 is 15.1 Å². The lowest BCUT2D eigenvalue weighted by Crippen LogP contribution is -2.62. The fourth-order valence-electron chi connectivity index (χ4n) is 8.58. The zero-order valence-corrected chi connectivity index (χ0v) is 29.8. The minimum absolute atomic E-state index is 0.00736. The number of nitrogens with zero attached hydrogens (tertiary/aromatic N) is 8. The Hall–Kier alpha value is -1.83. The van der Waals surface area contributed by atoms with Crippen LogP contribution in [0.1, 0.15) is 122 Å². The largest absolute Gasteiger partial charge is 0.351 e. The molecule has 0 amide bonds. The summed E-state index contributed by atoms with van der Waals surface area (Å²) in [5.41, 5.74) is -3.25. The van der Waals surface area contributed by atoms with Crippen LogP contribution >= 0.6 is 0 Å². The van der Waals surface area contributed by atoms with Crippen molar-refractivity contribution >= 4 is 17.8 Å². The van der Waals surface area contributed by atoms with Crippen molar-refractivity contribution in [1.82, 2.24) is 30.1 Å². The average Bonchev–Trinajstić information content (AvgIpc) is 2.86. The monoisotopic (exact) mass is 616 g/mol. The van der Waals surface area contributed by atoms with E-state index in [9.17, 15) is 15.6 Å². The molecule has 12 nitrogen and oxygen atoms in total. The SMILES string of the molecule is CN(c1nc(NC2CC(C)(C)N([O])C(C)(C)C2)nc(N(C)C2CC(C)(C)N([O])C(C)(C)C2)n1)C1CC(C)(C)N([O])C(C)(C)C1. The lowest BCUT2D eigenvalue weighted by atomic mass is 9.78. The van der Waals surface area contributed by atoms with E-state index >= 15 is 0 Å². The lowest BCUT2D eigenvalue weighted by molar-refractivity contribution is -0.289. The predicted octanol–water partition coefficient (Wildman–Crippen LogP) is 5.26. The number of hydrogen-bond donors (Lipinski definition) is 1. The highest BCUT2D eigenvalue weighted by molar-refractivity contribution is 5.47. The van der Waals surface area contributed by atoms with Gasteiger partial charge in [-0.2, -0.15) is 15.0 Å². The summed E-state index contributed by atoms with van der Waals surface area (Å²) in [7, 11) is 4.01. The molecule has 4 heterocycles. The van der Waals surface area contributed by atoms with Gasteiger partial charge in [-0.1, -0.05) is 0 Å². The summed E-state index contributed by atoms with van der Waals surface area (Å²) in [5, 5.41) is 46.6. The van der Waals surface area contributed by atoms with Gasteiger partial charge >= 0.3 is 0 Å². The van der Waals surface area contributed by atoms with Gasteiger partial charge in [-0.3, -0.25) is 0 Å². The van der Waals surface area contributed by atoms with Crippen LogP contribution in [0.15, 0.2) is 0 Å². The third kappa shape index (κ3) is 6.66. The van der Waals surface area contributed by atoms with Gasteiger partial charge in [-0.05, 0) is 122 Å². The lowest BCUT2D eigenvalue weighted by Gasteiger charge is -2.52. The van der Waals surface area contributed by atoms with E-state index in [4.69, 9.17) is 15.0 Å². The Balaban J connectivity index is 1.72. The number of hydroxylamine groups is 6.